The topological polar surface area (TPSA) is 94.9 Å². The van der Waals surface area contributed by atoms with Gasteiger partial charge >= 0.3 is 5.97 Å². The summed E-state index contributed by atoms with van der Waals surface area (Å²) in [6.45, 7) is 0.361. The zero-order chi connectivity index (χ0) is 17.3. The van der Waals surface area contributed by atoms with Crippen LogP contribution < -0.4 is 4.90 Å². The second kappa shape index (κ2) is 6.26. The highest BCUT2D eigenvalue weighted by molar-refractivity contribution is 7.85. The van der Waals surface area contributed by atoms with Crippen molar-refractivity contribution in [2.45, 2.75) is 12.3 Å². The van der Waals surface area contributed by atoms with E-state index in [9.17, 15) is 18.3 Å². The number of carboxylic acids is 1. The molecule has 3 rings (SSSR count). The van der Waals surface area contributed by atoms with Gasteiger partial charge in [0.1, 0.15) is 5.92 Å². The molecule has 2 N–H and O–H groups in total. The largest absolute Gasteiger partial charge is 0.481 e. The number of rotatable bonds is 5. The minimum absolute atomic E-state index is 0.235. The molecule has 0 atom stereocenters. The van der Waals surface area contributed by atoms with Gasteiger partial charge in [-0.05, 0) is 29.7 Å². The molecule has 1 heterocycles. The molecule has 0 radical (unpaired) electrons. The first-order valence-electron chi connectivity index (χ1n) is 7.52. The predicted molar refractivity (Wildman–Crippen MR) is 90.4 cm³/mol. The van der Waals surface area contributed by atoms with E-state index >= 15 is 0 Å². The summed E-state index contributed by atoms with van der Waals surface area (Å²) in [5.41, 5.74) is 2.85. The van der Waals surface area contributed by atoms with Gasteiger partial charge in [0.2, 0.25) is 0 Å². The number of anilines is 2. The minimum Gasteiger partial charge on any atom is -0.481 e. The van der Waals surface area contributed by atoms with E-state index < -0.39 is 22.0 Å². The van der Waals surface area contributed by atoms with Crippen LogP contribution in [-0.2, 0) is 14.9 Å². The van der Waals surface area contributed by atoms with Gasteiger partial charge in [-0.15, -0.1) is 0 Å². The first-order chi connectivity index (χ1) is 11.4. The van der Waals surface area contributed by atoms with Crippen molar-refractivity contribution < 1.29 is 22.9 Å². The SMILES string of the molecule is O=C(O)C1c2ccccc2N(CCCS(=O)(=O)O)c2ccccc21. The van der Waals surface area contributed by atoms with E-state index in [1.807, 2.05) is 29.2 Å². The molecule has 24 heavy (non-hydrogen) atoms. The van der Waals surface area contributed by atoms with Gasteiger partial charge in [0, 0.05) is 17.9 Å². The number of aliphatic carboxylic acids is 1. The summed E-state index contributed by atoms with van der Waals surface area (Å²) < 4.78 is 30.9. The van der Waals surface area contributed by atoms with Gasteiger partial charge in [0.25, 0.3) is 10.1 Å². The highest BCUT2D eigenvalue weighted by Crippen LogP contribution is 2.45. The summed E-state index contributed by atoms with van der Waals surface area (Å²) in [5, 5.41) is 9.67. The van der Waals surface area contributed by atoms with E-state index in [4.69, 9.17) is 4.55 Å². The summed E-state index contributed by atoms with van der Waals surface area (Å²) in [6.07, 6.45) is 0.235. The third-order valence-electron chi connectivity index (χ3n) is 4.11. The monoisotopic (exact) mass is 347 g/mol. The standard InChI is InChI=1S/C17H17NO5S/c19-17(20)16-12-6-1-3-8-14(12)18(10-5-11-24(21,22)23)15-9-4-2-7-13(15)16/h1-4,6-9,16H,5,10-11H2,(H,19,20)(H,21,22,23). The Labute approximate surface area is 140 Å². The zero-order valence-corrected chi connectivity index (χ0v) is 13.6. The van der Waals surface area contributed by atoms with Crippen LogP contribution in [0.4, 0.5) is 11.4 Å². The number of para-hydroxylation sites is 2. The van der Waals surface area contributed by atoms with E-state index in [1.54, 1.807) is 24.3 Å². The molecule has 0 fully saturated rings. The lowest BCUT2D eigenvalue weighted by Gasteiger charge is -2.36. The van der Waals surface area contributed by atoms with Crippen LogP contribution in [0.25, 0.3) is 0 Å². The lowest BCUT2D eigenvalue weighted by atomic mass is 9.85. The third kappa shape index (κ3) is 3.13. The molecule has 0 bridgehead atoms. The lowest BCUT2D eigenvalue weighted by Crippen LogP contribution is -2.30. The van der Waals surface area contributed by atoms with Crippen LogP contribution >= 0.6 is 0 Å². The number of hydrogen-bond acceptors (Lipinski definition) is 4. The summed E-state index contributed by atoms with van der Waals surface area (Å²) >= 11 is 0. The Morgan fingerprint density at radius 1 is 1.00 bits per heavy atom. The van der Waals surface area contributed by atoms with Gasteiger partial charge in [-0.2, -0.15) is 8.42 Å². The molecule has 1 aliphatic rings. The van der Waals surface area contributed by atoms with Crippen LogP contribution in [0.5, 0.6) is 0 Å². The molecule has 0 amide bonds. The number of benzene rings is 2. The molecule has 0 aliphatic carbocycles. The van der Waals surface area contributed by atoms with E-state index in [1.165, 1.54) is 0 Å². The van der Waals surface area contributed by atoms with Crippen molar-refractivity contribution in [1.29, 1.82) is 0 Å². The molecule has 6 nitrogen and oxygen atoms in total. The van der Waals surface area contributed by atoms with Crippen molar-refractivity contribution in [2.75, 3.05) is 17.2 Å². The van der Waals surface area contributed by atoms with Crippen LogP contribution in [-0.4, -0.2) is 36.3 Å². The van der Waals surface area contributed by atoms with Crippen LogP contribution in [0.15, 0.2) is 48.5 Å². The van der Waals surface area contributed by atoms with E-state index in [0.717, 1.165) is 11.4 Å². The summed E-state index contributed by atoms with van der Waals surface area (Å²) in [5.74, 6) is -2.02. The molecule has 0 unspecified atom stereocenters. The highest BCUT2D eigenvalue weighted by Gasteiger charge is 2.34. The van der Waals surface area contributed by atoms with Crippen molar-refractivity contribution >= 4 is 27.5 Å². The van der Waals surface area contributed by atoms with E-state index in [0.29, 0.717) is 17.7 Å². The normalized spacial score (nSPS) is 14.1. The molecule has 7 heteroatoms. The summed E-state index contributed by atoms with van der Waals surface area (Å²) in [7, 11) is -4.02. The van der Waals surface area contributed by atoms with Crippen LogP contribution in [0, 0.1) is 0 Å². The second-order valence-electron chi connectivity index (χ2n) is 5.68. The lowest BCUT2D eigenvalue weighted by molar-refractivity contribution is -0.137. The molecule has 1 aliphatic heterocycles. The Bertz CT molecular complexity index is 831. The van der Waals surface area contributed by atoms with Crippen molar-refractivity contribution in [1.82, 2.24) is 0 Å². The maximum Gasteiger partial charge on any atom is 0.315 e. The van der Waals surface area contributed by atoms with E-state index in [-0.39, 0.29) is 12.2 Å². The van der Waals surface area contributed by atoms with Crippen molar-refractivity contribution in [3.8, 4) is 0 Å². The summed E-state index contributed by atoms with van der Waals surface area (Å²) in [4.78, 5) is 13.7. The Morgan fingerprint density at radius 2 is 1.50 bits per heavy atom. The van der Waals surface area contributed by atoms with Gasteiger partial charge in [0.15, 0.2) is 0 Å². The van der Waals surface area contributed by atoms with Crippen molar-refractivity contribution in [2.24, 2.45) is 0 Å². The molecule has 2 aromatic rings. The van der Waals surface area contributed by atoms with Gasteiger partial charge < -0.3 is 10.0 Å². The Morgan fingerprint density at radius 3 is 1.96 bits per heavy atom. The number of fused-ring (bicyclic) bond motifs is 2. The maximum atomic E-state index is 11.8. The Hall–Kier alpha value is -2.38. The quantitative estimate of drug-likeness (QED) is 0.808. The fraction of sp³-hybridized carbons (Fsp3) is 0.235. The molecule has 0 spiro atoms. The first kappa shape index (κ1) is 16.5. The van der Waals surface area contributed by atoms with Crippen LogP contribution in [0.2, 0.25) is 0 Å². The average molecular weight is 347 g/mol. The number of nitrogens with zero attached hydrogens (tertiary/aromatic N) is 1. The van der Waals surface area contributed by atoms with Gasteiger partial charge in [0.05, 0.1) is 5.75 Å². The smallest absolute Gasteiger partial charge is 0.315 e. The average Bonchev–Trinajstić information content (AvgIpc) is 2.52. The van der Waals surface area contributed by atoms with Crippen molar-refractivity contribution in [3.05, 3.63) is 59.7 Å². The second-order valence-corrected chi connectivity index (χ2v) is 7.25. The van der Waals surface area contributed by atoms with Gasteiger partial charge in [-0.25, -0.2) is 0 Å². The maximum absolute atomic E-state index is 11.8. The molecular weight excluding hydrogens is 330 g/mol. The molecule has 0 aromatic heterocycles. The van der Waals surface area contributed by atoms with Crippen molar-refractivity contribution in [3.63, 3.8) is 0 Å². The number of carbonyl (C=O) groups is 1. The van der Waals surface area contributed by atoms with Gasteiger partial charge in [-0.3, -0.25) is 9.35 Å². The third-order valence-corrected chi connectivity index (χ3v) is 4.91. The molecule has 2 aromatic carbocycles. The molecule has 0 saturated heterocycles. The molecule has 0 saturated carbocycles. The highest BCUT2D eigenvalue weighted by atomic mass is 32.2. The molecular formula is C17H17NO5S. The van der Waals surface area contributed by atoms with Gasteiger partial charge in [-0.1, -0.05) is 36.4 Å². The fourth-order valence-corrected chi connectivity index (χ4v) is 3.66. The number of carboxylic acid groups (broad SMARTS) is 1. The molecule has 126 valence electrons. The Balaban J connectivity index is 2.04. The van der Waals surface area contributed by atoms with Crippen LogP contribution in [0.3, 0.4) is 0 Å². The van der Waals surface area contributed by atoms with E-state index in [2.05, 4.69) is 0 Å². The summed E-state index contributed by atoms with van der Waals surface area (Å²) in [6, 6.07) is 14.4. The Kier molecular flexibility index (Phi) is 4.29. The number of hydrogen-bond donors (Lipinski definition) is 2. The predicted octanol–water partition coefficient (Wildman–Crippen LogP) is 2.63. The zero-order valence-electron chi connectivity index (χ0n) is 12.8. The van der Waals surface area contributed by atoms with Crippen LogP contribution in [0.1, 0.15) is 23.5 Å². The fourth-order valence-electron chi connectivity index (χ4n) is 3.16. The minimum atomic E-state index is -4.02. The first-order valence-corrected chi connectivity index (χ1v) is 9.13.